The Morgan fingerprint density at radius 3 is 2.37 bits per heavy atom. The van der Waals surface area contributed by atoms with Crippen molar-refractivity contribution in [3.05, 3.63) is 46.5 Å². The number of piperidine rings is 1. The van der Waals surface area contributed by atoms with Crippen molar-refractivity contribution in [1.82, 2.24) is 9.57 Å². The van der Waals surface area contributed by atoms with Crippen LogP contribution >= 0.6 is 26.5 Å². The zero-order valence-corrected chi connectivity index (χ0v) is 28.1. The smallest absolute Gasteiger partial charge is 0.342 e. The highest BCUT2D eigenvalue weighted by atomic mass is 35.5. The van der Waals surface area contributed by atoms with E-state index in [1.54, 1.807) is 25.1 Å². The van der Waals surface area contributed by atoms with Crippen molar-refractivity contribution in [2.75, 3.05) is 60.4 Å². The summed E-state index contributed by atoms with van der Waals surface area (Å²) in [7, 11) is -3.39. The van der Waals surface area contributed by atoms with E-state index >= 15 is 0 Å². The number of likely N-dealkylation sites (tertiary alicyclic amines) is 1. The number of cyclic esters (lactones) is 1. The van der Waals surface area contributed by atoms with Gasteiger partial charge < -0.3 is 23.5 Å². The molecule has 0 bridgehead atoms. The molecule has 0 aliphatic carbocycles. The molecule has 3 rings (SSSR count). The van der Waals surface area contributed by atoms with Crippen molar-refractivity contribution >= 4 is 44.1 Å². The second-order valence-corrected chi connectivity index (χ2v) is 16.6. The summed E-state index contributed by atoms with van der Waals surface area (Å²) in [5, 5.41) is 4.24. The van der Waals surface area contributed by atoms with Gasteiger partial charge in [0.2, 0.25) is 7.37 Å². The highest BCUT2D eigenvalue weighted by Crippen LogP contribution is 2.51. The van der Waals surface area contributed by atoms with Crippen LogP contribution in [0.1, 0.15) is 54.4 Å². The van der Waals surface area contributed by atoms with Gasteiger partial charge in [-0.25, -0.2) is 9.46 Å². The molecular weight excluding hydrogens is 616 g/mol. The number of ether oxygens (including phenoxy) is 1. The average Bonchev–Trinajstić information content (AvgIpc) is 2.93. The molecule has 1 fully saturated rings. The summed E-state index contributed by atoms with van der Waals surface area (Å²) in [6, 6.07) is 1.31. The Morgan fingerprint density at radius 2 is 1.70 bits per heavy atom. The normalized spacial score (nSPS) is 20.8. The van der Waals surface area contributed by atoms with E-state index < -0.39 is 20.9 Å². The quantitative estimate of drug-likeness (QED) is 0.135. The van der Waals surface area contributed by atoms with Crippen LogP contribution < -0.4 is 9.05 Å². The van der Waals surface area contributed by atoms with Crippen molar-refractivity contribution < 1.29 is 37.3 Å². The lowest BCUT2D eigenvalue weighted by atomic mass is 9.99. The maximum atomic E-state index is 13.6. The maximum Gasteiger partial charge on any atom is 0.342 e. The molecule has 1 aromatic carbocycles. The van der Waals surface area contributed by atoms with Crippen molar-refractivity contribution in [1.29, 1.82) is 0 Å². The van der Waals surface area contributed by atoms with E-state index in [1.165, 1.54) is 30.7 Å². The molecule has 1 atom stereocenters. The van der Waals surface area contributed by atoms with E-state index in [4.69, 9.17) is 30.2 Å². The zero-order valence-electron chi connectivity index (χ0n) is 25.5. The number of fused-ring (bicyclic) bond motifs is 1. The first-order valence-corrected chi connectivity index (χ1v) is 19.2. The number of esters is 1. The number of allylic oxidation sites excluding steroid dienone is 3. The van der Waals surface area contributed by atoms with E-state index in [-0.39, 0.29) is 53.2 Å². The van der Waals surface area contributed by atoms with Gasteiger partial charge in [-0.3, -0.25) is 13.9 Å². The first-order valence-electron chi connectivity index (χ1n) is 14.3. The van der Waals surface area contributed by atoms with Gasteiger partial charge in [0.05, 0.1) is 17.3 Å². The highest BCUT2D eigenvalue weighted by Gasteiger charge is 2.31. The van der Waals surface area contributed by atoms with E-state index in [1.807, 2.05) is 18.2 Å². The predicted octanol–water partition coefficient (Wildman–Crippen LogP) is 6.40. The lowest BCUT2D eigenvalue weighted by Gasteiger charge is -2.26. The molecule has 0 aromatic heterocycles. The number of hydrogen-bond donors (Lipinski definition) is 0. The van der Waals surface area contributed by atoms with Gasteiger partial charge in [-0.05, 0) is 64.3 Å². The van der Waals surface area contributed by atoms with Gasteiger partial charge in [-0.2, -0.15) is 0 Å². The second kappa shape index (κ2) is 15.9. The molecule has 2 heterocycles. The van der Waals surface area contributed by atoms with Gasteiger partial charge in [0.15, 0.2) is 6.61 Å². The van der Waals surface area contributed by atoms with Crippen molar-refractivity contribution in [2.24, 2.45) is 5.16 Å². The van der Waals surface area contributed by atoms with Gasteiger partial charge >= 0.3 is 13.5 Å². The van der Waals surface area contributed by atoms with Gasteiger partial charge in [0, 0.05) is 45.6 Å². The van der Waals surface area contributed by atoms with Crippen LogP contribution in [-0.4, -0.2) is 87.6 Å². The SMILES string of the molecule is CN(C)P(C)(=O)Oc1cc(OP(C)(C)=O)c(Cl)c2c1C(=O)OCC/C=C/CC/C=C/C(=N/OCC(=O)N1CCCCC1)C2. The van der Waals surface area contributed by atoms with Gasteiger partial charge in [-0.1, -0.05) is 35.0 Å². The Morgan fingerprint density at radius 1 is 1.02 bits per heavy atom. The van der Waals surface area contributed by atoms with E-state index in [0.717, 1.165) is 25.7 Å². The Bertz CT molecular complexity index is 1350. The van der Waals surface area contributed by atoms with Crippen LogP contribution in [0.5, 0.6) is 11.5 Å². The van der Waals surface area contributed by atoms with E-state index in [2.05, 4.69) is 5.16 Å². The van der Waals surface area contributed by atoms with Crippen LogP contribution in [0.15, 0.2) is 35.5 Å². The van der Waals surface area contributed by atoms with Gasteiger partial charge in [-0.15, -0.1) is 0 Å². The third-order valence-corrected chi connectivity index (χ3v) is 9.78. The van der Waals surface area contributed by atoms with Crippen LogP contribution in [0.25, 0.3) is 0 Å². The summed E-state index contributed by atoms with van der Waals surface area (Å²) in [5.41, 5.74) is 0.498. The highest BCUT2D eigenvalue weighted by molar-refractivity contribution is 7.57. The summed E-state index contributed by atoms with van der Waals surface area (Å²) in [5.74, 6) is -1.01. The van der Waals surface area contributed by atoms with Crippen LogP contribution in [-0.2, 0) is 29.9 Å². The fraction of sp³-hybridized carbons (Fsp3) is 0.552. The van der Waals surface area contributed by atoms with Crippen LogP contribution in [0.4, 0.5) is 0 Å². The molecule has 0 spiro atoms. The number of hydrogen-bond acceptors (Lipinski definition) is 9. The molecule has 2 aliphatic rings. The molecule has 0 radical (unpaired) electrons. The summed E-state index contributed by atoms with van der Waals surface area (Å²) >= 11 is 6.83. The van der Waals surface area contributed by atoms with Gasteiger partial charge in [0.1, 0.15) is 17.1 Å². The Hall–Kier alpha value is -2.58. The second-order valence-electron chi connectivity index (χ2n) is 11.0. The largest absolute Gasteiger partial charge is 0.462 e. The molecule has 1 amide bonds. The molecular formula is C29H42ClN3O8P2. The topological polar surface area (TPSA) is 124 Å². The van der Waals surface area contributed by atoms with Crippen LogP contribution in [0, 0.1) is 0 Å². The summed E-state index contributed by atoms with van der Waals surface area (Å²) < 4.78 is 44.6. The van der Waals surface area contributed by atoms with Crippen molar-refractivity contribution in [2.45, 2.75) is 44.9 Å². The molecule has 238 valence electrons. The Balaban J connectivity index is 2.11. The van der Waals surface area contributed by atoms with Crippen LogP contribution in [0.2, 0.25) is 5.02 Å². The minimum Gasteiger partial charge on any atom is -0.462 e. The summed E-state index contributed by atoms with van der Waals surface area (Å²) in [6.45, 7) is 5.48. The fourth-order valence-electron chi connectivity index (χ4n) is 4.34. The Labute approximate surface area is 259 Å². The van der Waals surface area contributed by atoms with E-state index in [9.17, 15) is 18.7 Å². The fourth-order valence-corrected chi connectivity index (χ4v) is 5.94. The lowest BCUT2D eigenvalue weighted by Crippen LogP contribution is -2.37. The third kappa shape index (κ3) is 10.8. The average molecular weight is 658 g/mol. The maximum absolute atomic E-state index is 13.6. The number of amides is 1. The number of benzene rings is 1. The van der Waals surface area contributed by atoms with Gasteiger partial charge in [0.25, 0.3) is 5.91 Å². The first kappa shape index (κ1) is 34.9. The van der Waals surface area contributed by atoms with Crippen molar-refractivity contribution in [3.8, 4) is 11.5 Å². The standard InChI is InChI=1S/C29H42ClN3O8P2/c1-32(2)43(5,37)41-24-20-25(40-42(3,4)36)28(30)23-19-22(31-39-21-26(34)33-16-12-10-13-17-33)15-11-8-6-7-9-14-18-38-29(35)27(23)24/h7,9,11,15,20H,6,8,10,12-14,16-19,21H2,1-5H3/b9-7+,15-11+,31-22-. The zero-order chi connectivity index (χ0) is 31.6. The molecule has 1 aromatic rings. The molecule has 1 unspecified atom stereocenters. The summed E-state index contributed by atoms with van der Waals surface area (Å²) in [6.07, 6.45) is 12.5. The number of carbonyl (C=O) groups is 2. The number of halogens is 1. The Kier molecular flexibility index (Phi) is 12.9. The lowest BCUT2D eigenvalue weighted by molar-refractivity contribution is -0.137. The molecule has 11 nitrogen and oxygen atoms in total. The minimum atomic E-state index is -3.44. The number of carbonyl (C=O) groups excluding carboxylic acids is 2. The molecule has 2 aliphatic heterocycles. The van der Waals surface area contributed by atoms with Crippen LogP contribution in [0.3, 0.4) is 0 Å². The molecule has 0 N–H and O–H groups in total. The number of rotatable bonds is 8. The predicted molar refractivity (Wildman–Crippen MR) is 169 cm³/mol. The monoisotopic (exact) mass is 657 g/mol. The third-order valence-electron chi connectivity index (χ3n) is 6.74. The van der Waals surface area contributed by atoms with E-state index in [0.29, 0.717) is 31.6 Å². The number of oxime groups is 1. The first-order chi connectivity index (χ1) is 20.3. The summed E-state index contributed by atoms with van der Waals surface area (Å²) in [4.78, 5) is 33.5. The number of nitrogens with zero attached hydrogens (tertiary/aromatic N) is 3. The molecule has 43 heavy (non-hydrogen) atoms. The molecule has 1 saturated heterocycles. The minimum absolute atomic E-state index is 0.00324. The molecule has 14 heteroatoms. The van der Waals surface area contributed by atoms with Crippen molar-refractivity contribution in [3.63, 3.8) is 0 Å². The molecule has 0 saturated carbocycles.